The van der Waals surface area contributed by atoms with Crippen LogP contribution in [0.4, 0.5) is 11.4 Å². The predicted molar refractivity (Wildman–Crippen MR) is 82.8 cm³/mol. The molecule has 0 aliphatic carbocycles. The van der Waals surface area contributed by atoms with Crippen LogP contribution in [0.15, 0.2) is 41.3 Å². The van der Waals surface area contributed by atoms with Gasteiger partial charge < -0.3 is 5.73 Å². The summed E-state index contributed by atoms with van der Waals surface area (Å²) in [4.78, 5) is -0.168. The Morgan fingerprint density at radius 3 is 2.38 bits per heavy atom. The molecule has 2 rings (SSSR count). The summed E-state index contributed by atoms with van der Waals surface area (Å²) in [5.41, 5.74) is 5.93. The van der Waals surface area contributed by atoms with Gasteiger partial charge in [-0.2, -0.15) is 5.26 Å². The number of halogens is 2. The first-order chi connectivity index (χ1) is 9.83. The van der Waals surface area contributed by atoms with Crippen LogP contribution < -0.4 is 10.5 Å². The predicted octanol–water partition coefficient (Wildman–Crippen LogP) is 3.25. The summed E-state index contributed by atoms with van der Waals surface area (Å²) in [6.45, 7) is 0. The monoisotopic (exact) mass is 341 g/mol. The molecule has 0 heterocycles. The van der Waals surface area contributed by atoms with Crippen molar-refractivity contribution in [1.82, 2.24) is 0 Å². The first-order valence-corrected chi connectivity index (χ1v) is 7.85. The lowest BCUT2D eigenvalue weighted by atomic mass is 10.2. The van der Waals surface area contributed by atoms with Crippen LogP contribution in [0.2, 0.25) is 10.0 Å². The summed E-state index contributed by atoms with van der Waals surface area (Å²) >= 11 is 11.6. The van der Waals surface area contributed by atoms with Crippen molar-refractivity contribution in [2.24, 2.45) is 0 Å². The van der Waals surface area contributed by atoms with Gasteiger partial charge in [-0.1, -0.05) is 23.2 Å². The van der Waals surface area contributed by atoms with Crippen molar-refractivity contribution in [3.63, 3.8) is 0 Å². The van der Waals surface area contributed by atoms with Gasteiger partial charge in [-0.15, -0.1) is 0 Å². The molecule has 0 unspecified atom stereocenters. The number of nitrogen functional groups attached to an aromatic ring is 1. The van der Waals surface area contributed by atoms with Gasteiger partial charge in [0, 0.05) is 10.0 Å². The lowest BCUT2D eigenvalue weighted by molar-refractivity contribution is 0.601. The minimum atomic E-state index is -3.99. The lowest BCUT2D eigenvalue weighted by Crippen LogP contribution is -2.15. The van der Waals surface area contributed by atoms with Crippen LogP contribution in [0, 0.1) is 11.3 Å². The van der Waals surface area contributed by atoms with Crippen LogP contribution in [0.5, 0.6) is 0 Å². The number of nitrogens with one attached hydrogen (secondary N) is 1. The smallest absolute Gasteiger partial charge is 0.264 e. The fraction of sp³-hybridized carbons (Fsp3) is 0. The summed E-state index contributed by atoms with van der Waals surface area (Å²) < 4.78 is 27.0. The van der Waals surface area contributed by atoms with E-state index < -0.39 is 10.0 Å². The molecule has 0 aliphatic rings. The molecule has 3 N–H and O–H groups in total. The molecule has 0 aliphatic heterocycles. The van der Waals surface area contributed by atoms with E-state index >= 15 is 0 Å². The molecular formula is C13H9Cl2N3O2S. The van der Waals surface area contributed by atoms with Crippen LogP contribution >= 0.6 is 23.2 Å². The second-order valence-corrected chi connectivity index (χ2v) is 6.61. The van der Waals surface area contributed by atoms with Crippen LogP contribution in [0.25, 0.3) is 0 Å². The van der Waals surface area contributed by atoms with E-state index in [1.807, 2.05) is 6.07 Å². The van der Waals surface area contributed by atoms with Gasteiger partial charge in [0.1, 0.15) is 11.0 Å². The van der Waals surface area contributed by atoms with E-state index in [4.69, 9.17) is 34.2 Å². The maximum absolute atomic E-state index is 12.4. The molecule has 0 fully saturated rings. The maximum Gasteiger partial charge on any atom is 0.264 e. The molecule has 0 saturated heterocycles. The average Bonchev–Trinajstić information content (AvgIpc) is 2.41. The second kappa shape index (κ2) is 5.82. The lowest BCUT2D eigenvalue weighted by Gasteiger charge is -2.11. The zero-order chi connectivity index (χ0) is 15.6. The number of benzene rings is 2. The van der Waals surface area contributed by atoms with Crippen molar-refractivity contribution in [1.29, 1.82) is 5.26 Å². The van der Waals surface area contributed by atoms with E-state index in [1.165, 1.54) is 36.4 Å². The summed E-state index contributed by atoms with van der Waals surface area (Å²) in [5.74, 6) is 0. The number of hydrogen-bond acceptors (Lipinski definition) is 4. The summed E-state index contributed by atoms with van der Waals surface area (Å²) in [6, 6.07) is 10.2. The molecule has 0 bridgehead atoms. The van der Waals surface area contributed by atoms with E-state index in [0.29, 0.717) is 5.02 Å². The number of rotatable bonds is 3. The maximum atomic E-state index is 12.4. The van der Waals surface area contributed by atoms with E-state index in [-0.39, 0.29) is 26.9 Å². The quantitative estimate of drug-likeness (QED) is 0.837. The fourth-order valence-corrected chi connectivity index (χ4v) is 3.28. The number of nitrogens with zero attached hydrogens (tertiary/aromatic N) is 1. The molecule has 0 amide bonds. The van der Waals surface area contributed by atoms with Gasteiger partial charge in [-0.25, -0.2) is 8.42 Å². The topological polar surface area (TPSA) is 96.0 Å². The molecule has 0 atom stereocenters. The Labute approximate surface area is 132 Å². The van der Waals surface area contributed by atoms with E-state index in [9.17, 15) is 8.42 Å². The Morgan fingerprint density at radius 1 is 1.10 bits per heavy atom. The number of nitriles is 1. The van der Waals surface area contributed by atoms with Crippen LogP contribution in [-0.2, 0) is 10.0 Å². The fourth-order valence-electron chi connectivity index (χ4n) is 1.64. The van der Waals surface area contributed by atoms with Crippen LogP contribution in [0.1, 0.15) is 5.56 Å². The van der Waals surface area contributed by atoms with E-state index in [2.05, 4.69) is 4.72 Å². The van der Waals surface area contributed by atoms with Gasteiger partial charge in [0.05, 0.1) is 16.9 Å². The Bertz CT molecular complexity index is 845. The van der Waals surface area contributed by atoms with Crippen LogP contribution in [0.3, 0.4) is 0 Å². The van der Waals surface area contributed by atoms with Crippen LogP contribution in [-0.4, -0.2) is 8.42 Å². The van der Waals surface area contributed by atoms with Gasteiger partial charge in [-0.3, -0.25) is 4.72 Å². The summed E-state index contributed by atoms with van der Waals surface area (Å²) in [5, 5.41) is 9.53. The standard InChI is InChI=1S/C13H9Cl2N3O2S/c14-9-2-1-8(7-16)12(5-9)18-21(19,20)13-6-10(15)3-4-11(13)17/h1-6,18H,17H2. The Morgan fingerprint density at radius 2 is 1.71 bits per heavy atom. The number of anilines is 2. The van der Waals surface area contributed by atoms with E-state index in [1.54, 1.807) is 0 Å². The zero-order valence-electron chi connectivity index (χ0n) is 10.5. The number of hydrogen-bond donors (Lipinski definition) is 2. The first-order valence-electron chi connectivity index (χ1n) is 5.61. The number of nitrogens with two attached hydrogens (primary N) is 1. The highest BCUT2D eigenvalue weighted by atomic mass is 35.5. The molecule has 2 aromatic carbocycles. The minimum absolute atomic E-state index is 0.0486. The van der Waals surface area contributed by atoms with Gasteiger partial charge in [-0.05, 0) is 36.4 Å². The molecule has 5 nitrogen and oxygen atoms in total. The highest BCUT2D eigenvalue weighted by Gasteiger charge is 2.19. The molecule has 108 valence electrons. The van der Waals surface area contributed by atoms with Crippen molar-refractivity contribution in [3.8, 4) is 6.07 Å². The largest absolute Gasteiger partial charge is 0.398 e. The minimum Gasteiger partial charge on any atom is -0.398 e. The van der Waals surface area contributed by atoms with Crippen molar-refractivity contribution in [2.75, 3.05) is 10.5 Å². The number of sulfonamides is 1. The molecule has 0 radical (unpaired) electrons. The first kappa shape index (κ1) is 15.4. The molecule has 0 aromatic heterocycles. The Balaban J connectivity index is 2.50. The molecule has 8 heteroatoms. The summed E-state index contributed by atoms with van der Waals surface area (Å²) in [6.07, 6.45) is 0. The third kappa shape index (κ3) is 3.39. The third-order valence-corrected chi connectivity index (χ3v) is 4.50. The summed E-state index contributed by atoms with van der Waals surface area (Å²) in [7, 11) is -3.99. The molecular weight excluding hydrogens is 333 g/mol. The Hall–Kier alpha value is -1.94. The molecule has 2 aromatic rings. The van der Waals surface area contributed by atoms with Crippen molar-refractivity contribution in [3.05, 3.63) is 52.0 Å². The normalized spacial score (nSPS) is 10.9. The molecule has 0 spiro atoms. The van der Waals surface area contributed by atoms with Gasteiger partial charge in [0.2, 0.25) is 0 Å². The van der Waals surface area contributed by atoms with Crippen molar-refractivity contribution >= 4 is 44.6 Å². The second-order valence-electron chi connectivity index (χ2n) is 4.09. The van der Waals surface area contributed by atoms with E-state index in [0.717, 1.165) is 0 Å². The van der Waals surface area contributed by atoms with Gasteiger partial charge in [0.25, 0.3) is 10.0 Å². The van der Waals surface area contributed by atoms with Gasteiger partial charge in [0.15, 0.2) is 0 Å². The SMILES string of the molecule is N#Cc1ccc(Cl)cc1NS(=O)(=O)c1cc(Cl)ccc1N. The van der Waals surface area contributed by atoms with Crippen molar-refractivity contribution in [2.45, 2.75) is 4.90 Å². The highest BCUT2D eigenvalue weighted by molar-refractivity contribution is 7.92. The average molecular weight is 342 g/mol. The molecule has 0 saturated carbocycles. The van der Waals surface area contributed by atoms with Gasteiger partial charge >= 0.3 is 0 Å². The molecule has 21 heavy (non-hydrogen) atoms. The third-order valence-electron chi connectivity index (χ3n) is 2.61. The zero-order valence-corrected chi connectivity index (χ0v) is 12.8. The van der Waals surface area contributed by atoms with Crippen molar-refractivity contribution < 1.29 is 8.42 Å². The highest BCUT2D eigenvalue weighted by Crippen LogP contribution is 2.27. The Kier molecular flexibility index (Phi) is 4.28.